The van der Waals surface area contributed by atoms with Gasteiger partial charge in [0.15, 0.2) is 23.2 Å². The predicted molar refractivity (Wildman–Crippen MR) is 223 cm³/mol. The van der Waals surface area contributed by atoms with Gasteiger partial charge in [0.2, 0.25) is 0 Å². The van der Waals surface area contributed by atoms with Crippen molar-refractivity contribution in [1.29, 1.82) is 0 Å². The van der Waals surface area contributed by atoms with Crippen LogP contribution < -0.4 is 16.2 Å². The van der Waals surface area contributed by atoms with Gasteiger partial charge >= 0.3 is 0 Å². The fourth-order valence-electron chi connectivity index (χ4n) is 10.4. The number of aryl methyl sites for hydroxylation is 1. The summed E-state index contributed by atoms with van der Waals surface area (Å²) in [5, 5.41) is 43.1. The number of aromatic hydroxyl groups is 2. The molecule has 0 amide bonds. The number of ketones is 1. The highest BCUT2D eigenvalue weighted by molar-refractivity contribution is 5.90. The number of guanidine groups is 1. The molecule has 2 bridgehead atoms. The number of carbonyl (C=O) groups is 1. The Morgan fingerprint density at radius 2 is 1.89 bits per heavy atom. The largest absolute Gasteiger partial charge is 0.508 e. The van der Waals surface area contributed by atoms with E-state index in [9.17, 15) is 25.2 Å². The number of phenols is 2. The number of methoxy groups -OCH3 is 1. The topological polar surface area (TPSA) is 181 Å². The van der Waals surface area contributed by atoms with Crippen molar-refractivity contribution in [3.63, 3.8) is 0 Å². The molecule has 0 radical (unpaired) electrons. The molecule has 57 heavy (non-hydrogen) atoms. The Hall–Kier alpha value is -4.30. The van der Waals surface area contributed by atoms with Gasteiger partial charge in [-0.2, -0.15) is 0 Å². The summed E-state index contributed by atoms with van der Waals surface area (Å²) in [6.45, 7) is 4.44. The van der Waals surface area contributed by atoms with Gasteiger partial charge in [-0.15, -0.1) is 0 Å². The fourth-order valence-corrected chi connectivity index (χ4v) is 10.4. The number of carbonyl (C=O) groups excluding carboxylic acids is 1. The van der Waals surface area contributed by atoms with Crippen molar-refractivity contribution in [2.45, 2.75) is 115 Å². The number of hydrogen-bond acceptors (Lipinski definition) is 8. The molecule has 10 nitrogen and oxygen atoms in total. The number of aliphatic hydroxyl groups excluding tert-OH is 2. The Morgan fingerprint density at radius 3 is 2.58 bits per heavy atom. The number of nitrogens with zero attached hydrogens (tertiary/aromatic N) is 1. The zero-order valence-corrected chi connectivity index (χ0v) is 34.0. The zero-order valence-electron chi connectivity index (χ0n) is 34.0. The Balaban J connectivity index is 1.55. The second kappa shape index (κ2) is 19.4. The molecule has 6 rings (SSSR count). The Labute approximate surface area is 338 Å². The first-order valence-corrected chi connectivity index (χ1v) is 21.1. The average Bonchev–Trinajstić information content (AvgIpc) is 3.70. The summed E-state index contributed by atoms with van der Waals surface area (Å²) >= 11 is 0. The molecule has 8 N–H and O–H groups in total. The molecule has 2 aromatic carbocycles. The lowest BCUT2D eigenvalue weighted by molar-refractivity contribution is -0.114. The highest BCUT2D eigenvalue weighted by Crippen LogP contribution is 2.59. The SMILES string of the molecule is CC[C@@H](CCO)C(=CC(=O)CCc1cc(OC2CCCC2)c(O)c2c1C#CC[C@H](N=C(N)N)C[C@@H]1C=C3[C@@H](C[C@H](C)C[C@@H]3c3cccc(O)c3)[C@H]2[C@H]1COC)CO. The number of aliphatic imine (C=N–C) groups is 1. The van der Waals surface area contributed by atoms with Crippen molar-refractivity contribution in [1.82, 2.24) is 0 Å². The first kappa shape index (κ1) is 42.3. The average molecular weight is 782 g/mol. The number of fused-ring (bicyclic) bond motifs is 6. The van der Waals surface area contributed by atoms with Crippen molar-refractivity contribution in [2.24, 2.45) is 46.0 Å². The molecule has 0 spiro atoms. The van der Waals surface area contributed by atoms with E-state index in [1.807, 2.05) is 25.1 Å². The summed E-state index contributed by atoms with van der Waals surface area (Å²) in [6, 6.07) is 9.20. The van der Waals surface area contributed by atoms with Crippen LogP contribution in [0.25, 0.3) is 0 Å². The van der Waals surface area contributed by atoms with Crippen LogP contribution in [0.15, 0.2) is 58.6 Å². The van der Waals surface area contributed by atoms with E-state index in [0.29, 0.717) is 61.5 Å². The number of phenolic OH excluding ortho intramolecular Hbond substituents is 2. The Bertz CT molecular complexity index is 1880. The predicted octanol–water partition coefficient (Wildman–Crippen LogP) is 6.77. The maximum absolute atomic E-state index is 13.7. The zero-order chi connectivity index (χ0) is 40.6. The first-order valence-electron chi connectivity index (χ1n) is 21.1. The molecule has 2 saturated carbocycles. The third kappa shape index (κ3) is 9.88. The number of allylic oxidation sites excluding steroid dienone is 3. The number of nitrogens with two attached hydrogens (primary N) is 2. The van der Waals surface area contributed by atoms with Crippen molar-refractivity contribution >= 4 is 11.7 Å². The second-order valence-electron chi connectivity index (χ2n) is 16.9. The van der Waals surface area contributed by atoms with Crippen LogP contribution in [0.3, 0.4) is 0 Å². The monoisotopic (exact) mass is 781 g/mol. The maximum Gasteiger partial charge on any atom is 0.186 e. The van der Waals surface area contributed by atoms with Crippen LogP contribution in [0.1, 0.15) is 119 Å². The summed E-state index contributed by atoms with van der Waals surface area (Å²) in [7, 11) is 1.72. The number of benzene rings is 2. The van der Waals surface area contributed by atoms with Gasteiger partial charge in [0.05, 0.1) is 25.4 Å². The van der Waals surface area contributed by atoms with Crippen molar-refractivity contribution in [3.8, 4) is 29.1 Å². The number of rotatable bonds is 15. The number of hydrogen-bond donors (Lipinski definition) is 6. The van der Waals surface area contributed by atoms with Gasteiger partial charge in [0.1, 0.15) is 5.75 Å². The number of ether oxygens (including phenoxy) is 2. The first-order chi connectivity index (χ1) is 27.5. The molecule has 0 unspecified atom stereocenters. The van der Waals surface area contributed by atoms with E-state index in [-0.39, 0.29) is 90.5 Å². The van der Waals surface area contributed by atoms with E-state index in [0.717, 1.165) is 55.2 Å². The molecule has 0 aromatic heterocycles. The quantitative estimate of drug-likeness (QED) is 0.0374. The lowest BCUT2D eigenvalue weighted by Crippen LogP contribution is -2.41. The van der Waals surface area contributed by atoms with Gasteiger partial charge in [-0.3, -0.25) is 4.79 Å². The van der Waals surface area contributed by atoms with E-state index in [4.69, 9.17) is 20.9 Å². The molecule has 0 saturated heterocycles. The molecule has 2 fully saturated rings. The third-order valence-electron chi connectivity index (χ3n) is 13.0. The minimum absolute atomic E-state index is 0.00900. The second-order valence-corrected chi connectivity index (χ2v) is 16.9. The normalized spacial score (nSPS) is 26.6. The van der Waals surface area contributed by atoms with Crippen LogP contribution in [-0.2, 0) is 16.0 Å². The third-order valence-corrected chi connectivity index (χ3v) is 13.0. The molecule has 0 heterocycles. The van der Waals surface area contributed by atoms with Crippen LogP contribution in [-0.4, -0.2) is 71.2 Å². The van der Waals surface area contributed by atoms with Gasteiger partial charge in [0.25, 0.3) is 0 Å². The minimum Gasteiger partial charge on any atom is -0.508 e. The van der Waals surface area contributed by atoms with Gasteiger partial charge in [0, 0.05) is 49.5 Å². The van der Waals surface area contributed by atoms with Crippen LogP contribution >= 0.6 is 0 Å². The van der Waals surface area contributed by atoms with E-state index in [1.54, 1.807) is 19.3 Å². The van der Waals surface area contributed by atoms with Crippen LogP contribution in [0.2, 0.25) is 0 Å². The minimum atomic E-state index is -0.278. The molecule has 0 aliphatic heterocycles. The summed E-state index contributed by atoms with van der Waals surface area (Å²) < 4.78 is 12.7. The molecule has 10 heteroatoms. The maximum atomic E-state index is 13.7. The summed E-state index contributed by atoms with van der Waals surface area (Å²) in [6.07, 6.45) is 12.5. The fraction of sp³-hybridized carbons (Fsp3) is 0.574. The summed E-state index contributed by atoms with van der Waals surface area (Å²) in [4.78, 5) is 18.3. The van der Waals surface area contributed by atoms with E-state index in [2.05, 4.69) is 35.9 Å². The van der Waals surface area contributed by atoms with Gasteiger partial charge < -0.3 is 41.4 Å². The van der Waals surface area contributed by atoms with E-state index < -0.39 is 0 Å². The van der Waals surface area contributed by atoms with Crippen molar-refractivity contribution in [2.75, 3.05) is 26.9 Å². The van der Waals surface area contributed by atoms with Gasteiger partial charge in [-0.25, -0.2) is 4.99 Å². The Morgan fingerprint density at radius 1 is 1.11 bits per heavy atom. The lowest BCUT2D eigenvalue weighted by Gasteiger charge is -2.49. The highest BCUT2D eigenvalue weighted by atomic mass is 16.5. The van der Waals surface area contributed by atoms with Crippen LogP contribution in [0, 0.1) is 41.4 Å². The number of aliphatic hydroxyl groups is 2. The van der Waals surface area contributed by atoms with Crippen molar-refractivity contribution in [3.05, 3.63) is 75.9 Å². The molecular formula is C47H63N3O7. The summed E-state index contributed by atoms with van der Waals surface area (Å²) in [5.41, 5.74) is 17.3. The highest BCUT2D eigenvalue weighted by Gasteiger charge is 2.48. The molecular weight excluding hydrogens is 719 g/mol. The molecule has 4 aliphatic carbocycles. The smallest absolute Gasteiger partial charge is 0.186 e. The van der Waals surface area contributed by atoms with Gasteiger partial charge in [-0.1, -0.05) is 49.5 Å². The van der Waals surface area contributed by atoms with Gasteiger partial charge in [-0.05, 0) is 135 Å². The van der Waals surface area contributed by atoms with Crippen LogP contribution in [0.4, 0.5) is 0 Å². The van der Waals surface area contributed by atoms with E-state index >= 15 is 0 Å². The standard InChI is InChI=1S/C47H63N3O7/c1-4-29(17-18-51)33(26-52)23-36(54)16-15-31-25-43(57-37-12-5-6-13-37)46(55)45-38(31)14-8-10-34(50-47(48)49)21-32-24-40-39(30-9-7-11-35(53)22-30)19-28(2)20-41(40)44(45)42(32)27-56-3/h7,9,11,22-25,28-29,32,34,37,39,41-42,44,51-53,55H,4-6,10,12-13,15-21,26-27H2,1-3H3,(H4,48,49,50)/t28-,29+,32-,34+,39-,41-,42+,44+/m1/s1. The van der Waals surface area contributed by atoms with Crippen molar-refractivity contribution < 1.29 is 34.7 Å². The lowest BCUT2D eigenvalue weighted by atomic mass is 9.55. The van der Waals surface area contributed by atoms with E-state index in [1.165, 1.54) is 5.57 Å². The molecule has 4 aliphatic rings. The molecule has 308 valence electrons. The summed E-state index contributed by atoms with van der Waals surface area (Å²) in [5.74, 6) is 7.60. The van der Waals surface area contributed by atoms with Crippen LogP contribution in [0.5, 0.6) is 17.2 Å². The Kier molecular flexibility index (Phi) is 14.4. The molecule has 8 atom stereocenters. The molecule has 2 aromatic rings.